The number of benzene rings is 2. The Labute approximate surface area is 159 Å². The van der Waals surface area contributed by atoms with E-state index in [0.717, 1.165) is 22.3 Å². The topological polar surface area (TPSA) is 69.1 Å². The molecule has 4 N–H and O–H groups in total. The zero-order valence-electron chi connectivity index (χ0n) is 13.8. The maximum Gasteiger partial charge on any atom is 0.214 e. The molecule has 4 aromatic rings. The van der Waals surface area contributed by atoms with E-state index in [0.29, 0.717) is 21.1 Å². The van der Waals surface area contributed by atoms with Crippen molar-refractivity contribution in [2.45, 2.75) is 0 Å². The predicted molar refractivity (Wildman–Crippen MR) is 112 cm³/mol. The van der Waals surface area contributed by atoms with Crippen LogP contribution in [0.3, 0.4) is 0 Å². The Bertz CT molecular complexity index is 1010. The zero-order valence-corrected chi connectivity index (χ0v) is 15.4. The fraction of sp³-hybridized carbons (Fsp3) is 0. The minimum Gasteiger partial charge on any atom is -0.398 e. The third-order valence-corrected chi connectivity index (χ3v) is 6.07. The summed E-state index contributed by atoms with van der Waals surface area (Å²) in [5, 5.41) is 3.86. The van der Waals surface area contributed by atoms with Crippen LogP contribution >= 0.6 is 22.7 Å². The number of carbonyl (C=O) groups excluding carboxylic acids is 1. The average Bonchev–Trinajstić information content (AvgIpc) is 3.31. The second-order valence-electron chi connectivity index (χ2n) is 5.83. The van der Waals surface area contributed by atoms with Crippen LogP contribution in [0.15, 0.2) is 71.4 Å². The molecule has 26 heavy (non-hydrogen) atoms. The third-order valence-electron chi connectivity index (χ3n) is 4.24. The Morgan fingerprint density at radius 2 is 1.04 bits per heavy atom. The first-order chi connectivity index (χ1) is 12.7. The lowest BCUT2D eigenvalue weighted by Crippen LogP contribution is -2.01. The van der Waals surface area contributed by atoms with Crippen molar-refractivity contribution >= 4 is 39.8 Å². The molecule has 0 amide bonds. The monoisotopic (exact) mass is 376 g/mol. The summed E-state index contributed by atoms with van der Waals surface area (Å²) in [4.78, 5) is 14.7. The van der Waals surface area contributed by atoms with Crippen molar-refractivity contribution in [2.75, 3.05) is 11.5 Å². The lowest BCUT2D eigenvalue weighted by molar-refractivity contribution is 0.104. The van der Waals surface area contributed by atoms with Crippen molar-refractivity contribution in [1.82, 2.24) is 0 Å². The predicted octanol–water partition coefficient (Wildman–Crippen LogP) is 5.54. The summed E-state index contributed by atoms with van der Waals surface area (Å²) in [5.74, 6) is 0.00602. The minimum absolute atomic E-state index is 0.00602. The summed E-state index contributed by atoms with van der Waals surface area (Å²) in [7, 11) is 0. The normalized spacial score (nSPS) is 10.8. The molecule has 0 aliphatic carbocycles. The molecule has 0 unspecified atom stereocenters. The van der Waals surface area contributed by atoms with Crippen LogP contribution in [0.1, 0.15) is 14.5 Å². The van der Waals surface area contributed by atoms with Crippen molar-refractivity contribution in [3.05, 3.63) is 81.2 Å². The van der Waals surface area contributed by atoms with Gasteiger partial charge in [0.05, 0.1) is 9.75 Å². The fourth-order valence-electron chi connectivity index (χ4n) is 2.98. The average molecular weight is 377 g/mol. The molecular weight excluding hydrogens is 360 g/mol. The molecule has 0 saturated carbocycles. The molecule has 0 bridgehead atoms. The van der Waals surface area contributed by atoms with Gasteiger partial charge in [-0.05, 0) is 35.0 Å². The number of ketones is 1. The van der Waals surface area contributed by atoms with Crippen molar-refractivity contribution in [3.8, 4) is 22.3 Å². The first-order valence-electron chi connectivity index (χ1n) is 8.06. The molecule has 0 radical (unpaired) electrons. The molecule has 0 atom stereocenters. The van der Waals surface area contributed by atoms with Gasteiger partial charge in [0.2, 0.25) is 5.78 Å². The van der Waals surface area contributed by atoms with Gasteiger partial charge in [0.1, 0.15) is 0 Å². The van der Waals surface area contributed by atoms with Gasteiger partial charge in [-0.2, -0.15) is 0 Å². The van der Waals surface area contributed by atoms with Crippen LogP contribution < -0.4 is 11.5 Å². The number of anilines is 2. The number of para-hydroxylation sites is 2. The Hall–Kier alpha value is -2.89. The summed E-state index contributed by atoms with van der Waals surface area (Å²) >= 11 is 2.88. The molecule has 4 rings (SSSR count). The maximum absolute atomic E-state index is 13.3. The molecule has 0 aliphatic rings. The number of nitrogen functional groups attached to an aromatic ring is 2. The van der Waals surface area contributed by atoms with Gasteiger partial charge >= 0.3 is 0 Å². The zero-order chi connectivity index (χ0) is 18.1. The standard InChI is InChI=1S/C21H16N2OS2/c22-17-7-3-1-5-13(17)15-9-11-25-20(15)19(24)21-16(10-12-26-21)14-6-2-4-8-18(14)23/h1-12H,22-23H2. The van der Waals surface area contributed by atoms with E-state index in [-0.39, 0.29) is 5.78 Å². The Morgan fingerprint density at radius 1 is 0.615 bits per heavy atom. The Balaban J connectivity index is 1.81. The van der Waals surface area contributed by atoms with Crippen LogP contribution in [0.4, 0.5) is 11.4 Å². The highest BCUT2D eigenvalue weighted by atomic mass is 32.1. The molecule has 0 saturated heterocycles. The first-order valence-corrected chi connectivity index (χ1v) is 9.82. The fourth-order valence-corrected chi connectivity index (χ4v) is 4.76. The van der Waals surface area contributed by atoms with Crippen molar-refractivity contribution in [1.29, 1.82) is 0 Å². The summed E-state index contributed by atoms with van der Waals surface area (Å²) in [6, 6.07) is 19.1. The second-order valence-corrected chi connectivity index (χ2v) is 7.66. The van der Waals surface area contributed by atoms with Gasteiger partial charge in [-0.1, -0.05) is 36.4 Å². The van der Waals surface area contributed by atoms with Crippen molar-refractivity contribution in [2.24, 2.45) is 0 Å². The van der Waals surface area contributed by atoms with Gasteiger partial charge in [0.15, 0.2) is 0 Å². The van der Waals surface area contributed by atoms with Crippen molar-refractivity contribution < 1.29 is 4.79 Å². The van der Waals surface area contributed by atoms with Gasteiger partial charge < -0.3 is 11.5 Å². The van der Waals surface area contributed by atoms with Gasteiger partial charge in [-0.3, -0.25) is 4.79 Å². The molecule has 2 aromatic carbocycles. The highest BCUT2D eigenvalue weighted by Gasteiger charge is 2.22. The Kier molecular flexibility index (Phi) is 4.32. The van der Waals surface area contributed by atoms with E-state index in [4.69, 9.17) is 11.5 Å². The quantitative estimate of drug-likeness (QED) is 0.363. The number of carbonyl (C=O) groups is 1. The largest absolute Gasteiger partial charge is 0.398 e. The molecule has 0 aliphatic heterocycles. The van der Waals surface area contributed by atoms with Gasteiger partial charge in [-0.15, -0.1) is 22.7 Å². The first kappa shape index (κ1) is 16.6. The molecule has 3 nitrogen and oxygen atoms in total. The number of hydrogen-bond donors (Lipinski definition) is 2. The molecule has 128 valence electrons. The van der Waals surface area contributed by atoms with Crippen LogP contribution in [0, 0.1) is 0 Å². The van der Waals surface area contributed by atoms with E-state index in [1.54, 1.807) is 0 Å². The third kappa shape index (κ3) is 2.81. The summed E-state index contributed by atoms with van der Waals surface area (Å²) in [6.45, 7) is 0. The van der Waals surface area contributed by atoms with Gasteiger partial charge in [0, 0.05) is 33.6 Å². The highest BCUT2D eigenvalue weighted by molar-refractivity contribution is 7.16. The number of thiophene rings is 2. The molecule has 0 spiro atoms. The van der Waals surface area contributed by atoms with Crippen LogP contribution in [0.25, 0.3) is 22.3 Å². The van der Waals surface area contributed by atoms with Crippen LogP contribution in [-0.4, -0.2) is 5.78 Å². The number of hydrogen-bond acceptors (Lipinski definition) is 5. The molecule has 2 aromatic heterocycles. The number of nitrogens with two attached hydrogens (primary N) is 2. The van der Waals surface area contributed by atoms with Gasteiger partial charge in [0.25, 0.3) is 0 Å². The van der Waals surface area contributed by atoms with E-state index in [1.807, 2.05) is 71.4 Å². The summed E-state index contributed by atoms with van der Waals surface area (Å²) in [5.41, 5.74) is 17.1. The summed E-state index contributed by atoms with van der Waals surface area (Å²) in [6.07, 6.45) is 0. The lowest BCUT2D eigenvalue weighted by atomic mass is 9.99. The van der Waals surface area contributed by atoms with Crippen LogP contribution in [-0.2, 0) is 0 Å². The van der Waals surface area contributed by atoms with Crippen LogP contribution in [0.5, 0.6) is 0 Å². The van der Waals surface area contributed by atoms with E-state index < -0.39 is 0 Å². The van der Waals surface area contributed by atoms with Crippen molar-refractivity contribution in [3.63, 3.8) is 0 Å². The molecule has 0 fully saturated rings. The molecule has 5 heteroatoms. The molecular formula is C21H16N2OS2. The summed E-state index contributed by atoms with van der Waals surface area (Å²) < 4.78 is 0. The smallest absolute Gasteiger partial charge is 0.214 e. The van der Waals surface area contributed by atoms with Gasteiger partial charge in [-0.25, -0.2) is 0 Å². The van der Waals surface area contributed by atoms with E-state index in [9.17, 15) is 4.79 Å². The Morgan fingerprint density at radius 3 is 1.46 bits per heavy atom. The highest BCUT2D eigenvalue weighted by Crippen LogP contribution is 2.38. The second kappa shape index (κ2) is 6.78. The SMILES string of the molecule is Nc1ccccc1-c1ccsc1C(=O)c1sccc1-c1ccccc1N. The van der Waals surface area contributed by atoms with Crippen LogP contribution in [0.2, 0.25) is 0 Å². The maximum atomic E-state index is 13.3. The van der Waals surface area contributed by atoms with E-state index >= 15 is 0 Å². The minimum atomic E-state index is 0.00602. The molecule has 2 heterocycles. The lowest BCUT2D eigenvalue weighted by Gasteiger charge is -2.08. The van der Waals surface area contributed by atoms with E-state index in [2.05, 4.69) is 0 Å². The number of rotatable bonds is 4. The van der Waals surface area contributed by atoms with E-state index in [1.165, 1.54) is 22.7 Å².